The first kappa shape index (κ1) is 11.5. The van der Waals surface area contributed by atoms with E-state index in [1.54, 1.807) is 0 Å². The van der Waals surface area contributed by atoms with E-state index < -0.39 is 6.10 Å². The lowest BCUT2D eigenvalue weighted by molar-refractivity contribution is -0.123. The standard InChI is InChI=1S/C14H18N2O2/c1-8-5-9(8)7-16(2)10-3-4-11-12(6-10)15-14(18)13(11)17/h3-4,6,8-9,13,17H,5,7H2,1-2H3,(H,15,18). The van der Waals surface area contributed by atoms with E-state index >= 15 is 0 Å². The van der Waals surface area contributed by atoms with Gasteiger partial charge >= 0.3 is 0 Å². The zero-order valence-corrected chi connectivity index (χ0v) is 10.7. The second kappa shape index (κ2) is 3.99. The highest BCUT2D eigenvalue weighted by molar-refractivity contribution is 6.02. The molecule has 0 aromatic heterocycles. The van der Waals surface area contributed by atoms with Crippen LogP contribution >= 0.6 is 0 Å². The lowest BCUT2D eigenvalue weighted by Gasteiger charge is -2.20. The molecule has 3 rings (SSSR count). The summed E-state index contributed by atoms with van der Waals surface area (Å²) in [5.74, 6) is 1.30. The molecule has 4 nitrogen and oxygen atoms in total. The van der Waals surface area contributed by atoms with Gasteiger partial charge < -0.3 is 15.3 Å². The summed E-state index contributed by atoms with van der Waals surface area (Å²) in [5, 5.41) is 12.3. The van der Waals surface area contributed by atoms with Crippen molar-refractivity contribution in [3.05, 3.63) is 23.8 Å². The number of aliphatic hydroxyl groups excluding tert-OH is 1. The Hall–Kier alpha value is -1.55. The molecule has 0 spiro atoms. The van der Waals surface area contributed by atoms with Crippen LogP contribution in [0.5, 0.6) is 0 Å². The van der Waals surface area contributed by atoms with Crippen molar-refractivity contribution in [2.75, 3.05) is 23.8 Å². The Balaban J connectivity index is 1.78. The molecule has 2 aliphatic rings. The second-order valence-electron chi connectivity index (χ2n) is 5.52. The molecule has 0 radical (unpaired) electrons. The summed E-state index contributed by atoms with van der Waals surface area (Å²) in [6.45, 7) is 3.33. The Labute approximate surface area is 107 Å². The van der Waals surface area contributed by atoms with E-state index in [0.29, 0.717) is 5.56 Å². The zero-order valence-electron chi connectivity index (χ0n) is 10.7. The maximum atomic E-state index is 11.4. The number of hydrogen-bond acceptors (Lipinski definition) is 3. The SMILES string of the molecule is CC1CC1CN(C)c1ccc2c(c1)NC(=O)C2O. The molecule has 1 amide bonds. The number of fused-ring (bicyclic) bond motifs is 1. The number of nitrogens with one attached hydrogen (secondary N) is 1. The minimum atomic E-state index is -1.01. The molecule has 96 valence electrons. The highest BCUT2D eigenvalue weighted by Gasteiger charge is 2.34. The van der Waals surface area contributed by atoms with Crippen molar-refractivity contribution in [1.29, 1.82) is 0 Å². The topological polar surface area (TPSA) is 52.6 Å². The molecule has 1 heterocycles. The molecule has 3 atom stereocenters. The van der Waals surface area contributed by atoms with Crippen molar-refractivity contribution >= 4 is 17.3 Å². The summed E-state index contributed by atoms with van der Waals surface area (Å²) in [7, 11) is 2.07. The lowest BCUT2D eigenvalue weighted by Crippen LogP contribution is -2.20. The van der Waals surface area contributed by atoms with E-state index in [2.05, 4.69) is 24.2 Å². The van der Waals surface area contributed by atoms with Gasteiger partial charge in [-0.3, -0.25) is 4.79 Å². The Bertz CT molecular complexity index is 501. The van der Waals surface area contributed by atoms with Crippen molar-refractivity contribution in [2.45, 2.75) is 19.4 Å². The normalized spacial score (nSPS) is 28.8. The van der Waals surface area contributed by atoms with E-state index in [9.17, 15) is 9.90 Å². The van der Waals surface area contributed by atoms with E-state index in [4.69, 9.17) is 0 Å². The Morgan fingerprint density at radius 2 is 2.22 bits per heavy atom. The molecular formula is C14H18N2O2. The van der Waals surface area contributed by atoms with Gasteiger partial charge in [0.25, 0.3) is 5.91 Å². The predicted molar refractivity (Wildman–Crippen MR) is 70.6 cm³/mol. The van der Waals surface area contributed by atoms with Gasteiger partial charge in [0.05, 0.1) is 0 Å². The van der Waals surface area contributed by atoms with Gasteiger partial charge in [-0.1, -0.05) is 13.0 Å². The molecule has 1 aliphatic carbocycles. The molecule has 2 N–H and O–H groups in total. The fourth-order valence-corrected chi connectivity index (χ4v) is 2.58. The third-order valence-electron chi connectivity index (χ3n) is 4.06. The summed E-state index contributed by atoms with van der Waals surface area (Å²) in [5.41, 5.74) is 2.50. The fourth-order valence-electron chi connectivity index (χ4n) is 2.58. The minimum Gasteiger partial charge on any atom is -0.378 e. The highest BCUT2D eigenvalue weighted by Crippen LogP contribution is 2.39. The number of aliphatic hydroxyl groups is 1. The maximum Gasteiger partial charge on any atom is 0.257 e. The highest BCUT2D eigenvalue weighted by atomic mass is 16.3. The third kappa shape index (κ3) is 1.86. The van der Waals surface area contributed by atoms with Gasteiger partial charge in [-0.2, -0.15) is 0 Å². The number of carbonyl (C=O) groups excluding carboxylic acids is 1. The molecule has 1 aromatic carbocycles. The first-order chi connectivity index (χ1) is 8.56. The Morgan fingerprint density at radius 3 is 2.89 bits per heavy atom. The van der Waals surface area contributed by atoms with E-state index in [1.807, 2.05) is 18.2 Å². The molecule has 1 aromatic rings. The molecule has 4 heteroatoms. The van der Waals surface area contributed by atoms with Crippen LogP contribution in [-0.2, 0) is 4.79 Å². The third-order valence-corrected chi connectivity index (χ3v) is 4.06. The molecule has 0 saturated heterocycles. The molecule has 18 heavy (non-hydrogen) atoms. The van der Waals surface area contributed by atoms with Gasteiger partial charge in [0.15, 0.2) is 6.10 Å². The van der Waals surface area contributed by atoms with E-state index in [1.165, 1.54) is 6.42 Å². The fraction of sp³-hybridized carbons (Fsp3) is 0.500. The predicted octanol–water partition coefficient (Wildman–Crippen LogP) is 1.76. The Kier molecular flexibility index (Phi) is 2.55. The van der Waals surface area contributed by atoms with Gasteiger partial charge in [0.1, 0.15) is 0 Å². The van der Waals surface area contributed by atoms with Crippen LogP contribution in [0.25, 0.3) is 0 Å². The maximum absolute atomic E-state index is 11.4. The molecular weight excluding hydrogens is 228 g/mol. The van der Waals surface area contributed by atoms with Gasteiger partial charge in [0, 0.05) is 30.5 Å². The molecule has 3 unspecified atom stereocenters. The number of carbonyl (C=O) groups is 1. The van der Waals surface area contributed by atoms with E-state index in [-0.39, 0.29) is 5.91 Å². The number of benzene rings is 1. The lowest BCUT2D eigenvalue weighted by atomic mass is 10.1. The van der Waals surface area contributed by atoms with Crippen LogP contribution in [0, 0.1) is 11.8 Å². The quantitative estimate of drug-likeness (QED) is 0.854. The van der Waals surface area contributed by atoms with Crippen molar-refractivity contribution in [3.63, 3.8) is 0 Å². The van der Waals surface area contributed by atoms with Crippen molar-refractivity contribution in [2.24, 2.45) is 11.8 Å². The molecule has 1 saturated carbocycles. The van der Waals surface area contributed by atoms with Crippen LogP contribution < -0.4 is 10.2 Å². The first-order valence-corrected chi connectivity index (χ1v) is 6.40. The molecule has 0 bridgehead atoms. The van der Waals surface area contributed by atoms with Crippen molar-refractivity contribution in [1.82, 2.24) is 0 Å². The van der Waals surface area contributed by atoms with Crippen LogP contribution in [0.3, 0.4) is 0 Å². The summed E-state index contributed by atoms with van der Waals surface area (Å²) in [6, 6.07) is 5.74. The average Bonchev–Trinajstić information content (AvgIpc) is 2.95. The van der Waals surface area contributed by atoms with Gasteiger partial charge in [0.2, 0.25) is 0 Å². The van der Waals surface area contributed by atoms with E-state index in [0.717, 1.165) is 29.8 Å². The summed E-state index contributed by atoms with van der Waals surface area (Å²) in [4.78, 5) is 13.6. The number of anilines is 2. The van der Waals surface area contributed by atoms with Gasteiger partial charge in [-0.25, -0.2) is 0 Å². The largest absolute Gasteiger partial charge is 0.378 e. The monoisotopic (exact) mass is 246 g/mol. The second-order valence-corrected chi connectivity index (χ2v) is 5.52. The van der Waals surface area contributed by atoms with Crippen molar-refractivity contribution in [3.8, 4) is 0 Å². The van der Waals surface area contributed by atoms with Crippen LogP contribution in [0.4, 0.5) is 11.4 Å². The van der Waals surface area contributed by atoms with Gasteiger partial charge in [-0.05, 0) is 30.4 Å². The summed E-state index contributed by atoms with van der Waals surface area (Å²) < 4.78 is 0. The smallest absolute Gasteiger partial charge is 0.257 e. The number of hydrogen-bond donors (Lipinski definition) is 2. The number of amides is 1. The zero-order chi connectivity index (χ0) is 12.9. The molecule has 1 fully saturated rings. The van der Waals surface area contributed by atoms with Gasteiger partial charge in [-0.15, -0.1) is 0 Å². The Morgan fingerprint density at radius 1 is 1.50 bits per heavy atom. The number of nitrogens with zero attached hydrogens (tertiary/aromatic N) is 1. The minimum absolute atomic E-state index is 0.333. The molecule has 1 aliphatic heterocycles. The van der Waals surface area contributed by atoms with Crippen LogP contribution in [0.15, 0.2) is 18.2 Å². The average molecular weight is 246 g/mol. The van der Waals surface area contributed by atoms with Crippen LogP contribution in [0.1, 0.15) is 25.0 Å². The summed E-state index contributed by atoms with van der Waals surface area (Å²) in [6.07, 6.45) is 0.299. The van der Waals surface area contributed by atoms with Crippen molar-refractivity contribution < 1.29 is 9.90 Å². The summed E-state index contributed by atoms with van der Waals surface area (Å²) >= 11 is 0. The number of rotatable bonds is 3. The first-order valence-electron chi connectivity index (χ1n) is 6.40. The van der Waals surface area contributed by atoms with Crippen LogP contribution in [0.2, 0.25) is 0 Å². The van der Waals surface area contributed by atoms with Crippen LogP contribution in [-0.4, -0.2) is 24.6 Å².